The maximum absolute atomic E-state index is 12.2. The van der Waals surface area contributed by atoms with Gasteiger partial charge in [0.2, 0.25) is 15.9 Å². The maximum Gasteiger partial charge on any atom is 0.240 e. The molecule has 1 N–H and O–H groups in total. The molecular weight excluding hydrogens is 324 g/mol. The van der Waals surface area contributed by atoms with E-state index in [9.17, 15) is 13.2 Å². The molecule has 1 aliphatic carbocycles. The Hall–Kier alpha value is -1.11. The van der Waals surface area contributed by atoms with Crippen molar-refractivity contribution >= 4 is 27.5 Å². The average molecular weight is 345 g/mol. The topological polar surface area (TPSA) is 66.5 Å². The third kappa shape index (κ3) is 4.44. The van der Waals surface area contributed by atoms with Crippen LogP contribution in [0.25, 0.3) is 0 Å². The van der Waals surface area contributed by atoms with Gasteiger partial charge in [0.25, 0.3) is 0 Å². The van der Waals surface area contributed by atoms with E-state index in [1.54, 1.807) is 4.90 Å². The molecule has 0 unspecified atom stereocenters. The zero-order chi connectivity index (χ0) is 16.2. The van der Waals surface area contributed by atoms with Gasteiger partial charge in [-0.3, -0.25) is 4.79 Å². The molecule has 0 atom stereocenters. The molecule has 0 spiro atoms. The van der Waals surface area contributed by atoms with Crippen molar-refractivity contribution in [3.8, 4) is 0 Å². The molecule has 1 fully saturated rings. The minimum Gasteiger partial charge on any atom is -0.339 e. The van der Waals surface area contributed by atoms with E-state index >= 15 is 0 Å². The van der Waals surface area contributed by atoms with Gasteiger partial charge >= 0.3 is 0 Å². The lowest BCUT2D eigenvalue weighted by molar-refractivity contribution is -0.130. The Balaban J connectivity index is 1.93. The molecule has 0 radical (unpaired) electrons. The fraction of sp³-hybridized carbons (Fsp3) is 0.533. The summed E-state index contributed by atoms with van der Waals surface area (Å²) in [5, 5.41) is 0.489. The van der Waals surface area contributed by atoms with Crippen molar-refractivity contribution in [3.05, 3.63) is 29.3 Å². The predicted molar refractivity (Wildman–Crippen MR) is 86.3 cm³/mol. The lowest BCUT2D eigenvalue weighted by atomic mass is 10.2. The molecule has 0 bridgehead atoms. The van der Waals surface area contributed by atoms with Gasteiger partial charge in [-0.15, -0.1) is 0 Å². The lowest BCUT2D eigenvalue weighted by Gasteiger charge is -2.27. The van der Waals surface area contributed by atoms with Gasteiger partial charge in [0.15, 0.2) is 0 Å². The van der Waals surface area contributed by atoms with Gasteiger partial charge in [-0.1, -0.05) is 24.4 Å². The number of hydrogen-bond acceptors (Lipinski definition) is 3. The molecule has 1 aromatic carbocycles. The van der Waals surface area contributed by atoms with Crippen LogP contribution in [-0.2, 0) is 14.8 Å². The second-order valence-electron chi connectivity index (χ2n) is 5.50. The van der Waals surface area contributed by atoms with Gasteiger partial charge in [0.05, 0.1) is 4.90 Å². The second-order valence-corrected chi connectivity index (χ2v) is 7.71. The largest absolute Gasteiger partial charge is 0.339 e. The summed E-state index contributed by atoms with van der Waals surface area (Å²) in [5.41, 5.74) is 0. The van der Waals surface area contributed by atoms with E-state index in [0.717, 1.165) is 25.7 Å². The highest BCUT2D eigenvalue weighted by atomic mass is 35.5. The Morgan fingerprint density at radius 1 is 1.27 bits per heavy atom. The van der Waals surface area contributed by atoms with Crippen LogP contribution >= 0.6 is 11.6 Å². The van der Waals surface area contributed by atoms with Crippen molar-refractivity contribution in [1.29, 1.82) is 0 Å². The first-order valence-electron chi connectivity index (χ1n) is 7.42. The fourth-order valence-corrected chi connectivity index (χ4v) is 3.96. The number of amides is 1. The van der Waals surface area contributed by atoms with Crippen molar-refractivity contribution < 1.29 is 13.2 Å². The second kappa shape index (κ2) is 7.44. The predicted octanol–water partition coefficient (Wildman–Crippen LogP) is 2.41. The Kier molecular flexibility index (Phi) is 5.83. The van der Waals surface area contributed by atoms with Gasteiger partial charge in [-0.2, -0.15) is 0 Å². The first-order valence-corrected chi connectivity index (χ1v) is 9.29. The molecule has 22 heavy (non-hydrogen) atoms. The number of rotatable bonds is 6. The molecule has 1 amide bonds. The monoisotopic (exact) mass is 344 g/mol. The van der Waals surface area contributed by atoms with Crippen LogP contribution in [0.15, 0.2) is 29.2 Å². The minimum absolute atomic E-state index is 0.00223. The van der Waals surface area contributed by atoms with E-state index in [-0.39, 0.29) is 23.4 Å². The lowest BCUT2D eigenvalue weighted by Crippen LogP contribution is -2.42. The van der Waals surface area contributed by atoms with Crippen molar-refractivity contribution in [2.24, 2.45) is 0 Å². The third-order valence-corrected chi connectivity index (χ3v) is 5.67. The standard InChI is InChI=1S/C15H21ClN2O3S/c1-12(19)18(14-4-2-3-5-14)11-10-17-22(20,21)15-8-6-13(16)7-9-15/h6-9,14,17H,2-5,10-11H2,1H3. The average Bonchev–Trinajstić information content (AvgIpc) is 2.97. The minimum atomic E-state index is -3.57. The molecule has 1 saturated carbocycles. The van der Waals surface area contributed by atoms with Gasteiger partial charge in [0, 0.05) is 31.1 Å². The van der Waals surface area contributed by atoms with Crippen LogP contribution in [0.2, 0.25) is 5.02 Å². The summed E-state index contributed by atoms with van der Waals surface area (Å²) < 4.78 is 26.9. The van der Waals surface area contributed by atoms with Gasteiger partial charge in [-0.25, -0.2) is 13.1 Å². The van der Waals surface area contributed by atoms with E-state index < -0.39 is 10.0 Å². The van der Waals surface area contributed by atoms with Crippen LogP contribution in [0.1, 0.15) is 32.6 Å². The van der Waals surface area contributed by atoms with Crippen molar-refractivity contribution in [3.63, 3.8) is 0 Å². The van der Waals surface area contributed by atoms with Crippen molar-refractivity contribution in [2.45, 2.75) is 43.5 Å². The summed E-state index contributed by atoms with van der Waals surface area (Å²) in [6.45, 7) is 2.14. The highest BCUT2D eigenvalue weighted by molar-refractivity contribution is 7.89. The normalized spacial score (nSPS) is 15.9. The molecule has 0 aliphatic heterocycles. The molecular formula is C15H21ClN2O3S. The summed E-state index contributed by atoms with van der Waals surface area (Å²) in [6, 6.07) is 6.25. The number of benzene rings is 1. The van der Waals surface area contributed by atoms with E-state index in [0.29, 0.717) is 11.6 Å². The Bertz CT molecular complexity index is 610. The first-order chi connectivity index (χ1) is 10.4. The van der Waals surface area contributed by atoms with Crippen LogP contribution in [0.4, 0.5) is 0 Å². The molecule has 0 aromatic heterocycles. The number of sulfonamides is 1. The molecule has 0 saturated heterocycles. The zero-order valence-electron chi connectivity index (χ0n) is 12.6. The Morgan fingerprint density at radius 3 is 2.41 bits per heavy atom. The molecule has 1 aliphatic rings. The maximum atomic E-state index is 12.2. The summed E-state index contributed by atoms with van der Waals surface area (Å²) in [6.07, 6.45) is 4.27. The Morgan fingerprint density at radius 2 is 1.86 bits per heavy atom. The first kappa shape index (κ1) is 17.2. The SMILES string of the molecule is CC(=O)N(CCNS(=O)(=O)c1ccc(Cl)cc1)C1CCCC1. The van der Waals surface area contributed by atoms with Crippen LogP contribution < -0.4 is 4.72 Å². The number of hydrogen-bond donors (Lipinski definition) is 1. The smallest absolute Gasteiger partial charge is 0.240 e. The van der Waals surface area contributed by atoms with Gasteiger partial charge in [-0.05, 0) is 37.1 Å². The van der Waals surface area contributed by atoms with E-state index in [1.165, 1.54) is 31.2 Å². The van der Waals surface area contributed by atoms with Crippen molar-refractivity contribution in [2.75, 3.05) is 13.1 Å². The molecule has 7 heteroatoms. The van der Waals surface area contributed by atoms with Crippen LogP contribution in [0, 0.1) is 0 Å². The Labute approximate surface area is 136 Å². The molecule has 5 nitrogen and oxygen atoms in total. The number of nitrogens with zero attached hydrogens (tertiary/aromatic N) is 1. The van der Waals surface area contributed by atoms with Crippen LogP contribution in [0.3, 0.4) is 0 Å². The highest BCUT2D eigenvalue weighted by Crippen LogP contribution is 2.23. The van der Waals surface area contributed by atoms with E-state index in [1.807, 2.05) is 0 Å². The zero-order valence-corrected chi connectivity index (χ0v) is 14.2. The summed E-state index contributed by atoms with van der Waals surface area (Å²) in [4.78, 5) is 13.7. The summed E-state index contributed by atoms with van der Waals surface area (Å²) in [7, 11) is -3.57. The van der Waals surface area contributed by atoms with Crippen LogP contribution in [0.5, 0.6) is 0 Å². The molecule has 122 valence electrons. The highest BCUT2D eigenvalue weighted by Gasteiger charge is 2.24. The van der Waals surface area contributed by atoms with Gasteiger partial charge < -0.3 is 4.90 Å². The third-order valence-electron chi connectivity index (χ3n) is 3.94. The fourth-order valence-electron chi connectivity index (χ4n) is 2.81. The quantitative estimate of drug-likeness (QED) is 0.861. The number of halogens is 1. The number of nitrogens with one attached hydrogen (secondary N) is 1. The van der Waals surface area contributed by atoms with Gasteiger partial charge in [0.1, 0.15) is 0 Å². The summed E-state index contributed by atoms with van der Waals surface area (Å²) in [5.74, 6) is -0.00223. The summed E-state index contributed by atoms with van der Waals surface area (Å²) >= 11 is 5.76. The molecule has 0 heterocycles. The molecule has 1 aromatic rings. The number of carbonyl (C=O) groups is 1. The molecule has 2 rings (SSSR count). The van der Waals surface area contributed by atoms with E-state index in [4.69, 9.17) is 11.6 Å². The van der Waals surface area contributed by atoms with Crippen molar-refractivity contribution in [1.82, 2.24) is 9.62 Å². The van der Waals surface area contributed by atoms with Crippen LogP contribution in [-0.4, -0.2) is 38.4 Å². The van der Waals surface area contributed by atoms with E-state index in [2.05, 4.69) is 4.72 Å². The number of carbonyl (C=O) groups excluding carboxylic acids is 1.